The van der Waals surface area contributed by atoms with Crippen molar-refractivity contribution in [2.45, 2.75) is 82.7 Å². The number of fused-ring (bicyclic) bond motifs is 2. The second kappa shape index (κ2) is 11.4. The second-order valence-electron chi connectivity index (χ2n) is 14.2. The Balaban J connectivity index is 0.895. The first-order valence-corrected chi connectivity index (χ1v) is 17.3. The van der Waals surface area contributed by atoms with Gasteiger partial charge >= 0.3 is 6.18 Å². The molecule has 4 aliphatic carbocycles. The van der Waals surface area contributed by atoms with E-state index in [2.05, 4.69) is 55.2 Å². The van der Waals surface area contributed by atoms with Crippen LogP contribution in [0.15, 0.2) is 54.4 Å². The van der Waals surface area contributed by atoms with Gasteiger partial charge in [0.25, 0.3) is 0 Å². The van der Waals surface area contributed by atoms with Crippen LogP contribution in [-0.2, 0) is 24.3 Å². The molecular formula is C36H36F3N7OS. The van der Waals surface area contributed by atoms with Gasteiger partial charge < -0.3 is 15.2 Å². The largest absolute Gasteiger partial charge is 0.393 e. The van der Waals surface area contributed by atoms with Crippen LogP contribution in [0, 0.1) is 23.7 Å². The minimum Gasteiger partial charge on any atom is -0.367 e. The van der Waals surface area contributed by atoms with E-state index in [1.165, 1.54) is 17.5 Å². The molecule has 4 aromatic rings. The van der Waals surface area contributed by atoms with Gasteiger partial charge in [0.1, 0.15) is 28.7 Å². The number of likely N-dealkylation sites (tertiary alicyclic amines) is 1. The smallest absolute Gasteiger partial charge is 0.367 e. The molecule has 4 heterocycles. The summed E-state index contributed by atoms with van der Waals surface area (Å²) in [5.74, 6) is 0.647. The number of halogens is 3. The maximum Gasteiger partial charge on any atom is 0.393 e. The highest BCUT2D eigenvalue weighted by Crippen LogP contribution is 2.68. The van der Waals surface area contributed by atoms with Crippen molar-refractivity contribution in [3.63, 3.8) is 0 Å². The standard InChI is InChI=1S/C36H36F3N7OS/c1-22-24(16-45-10-8-25(9-11-45)43-31-29-13-27(14-36(37,38)39)48-33(29)42-21-41-31)6-7-30-28(22)12-26(15-40)46(30)20-34-17-35(18-34,19-34)44-32(47)23-4-2-3-5-23/h2-4,6-7,12-13,21,25H,5,8-11,14,16-20H2,1H3,(H,44,47)(H,41,42,43). The molecule has 2 bridgehead atoms. The van der Waals surface area contributed by atoms with Crippen molar-refractivity contribution in [1.82, 2.24) is 24.8 Å². The van der Waals surface area contributed by atoms with E-state index >= 15 is 0 Å². The van der Waals surface area contributed by atoms with Crippen molar-refractivity contribution in [2.75, 3.05) is 18.4 Å². The van der Waals surface area contributed by atoms with Gasteiger partial charge in [-0.3, -0.25) is 9.69 Å². The number of aromatic nitrogens is 3. The van der Waals surface area contributed by atoms with Gasteiger partial charge in [-0.2, -0.15) is 18.4 Å². The van der Waals surface area contributed by atoms with Crippen LogP contribution in [0.3, 0.4) is 0 Å². The number of thiophene rings is 1. The molecule has 0 unspecified atom stereocenters. The van der Waals surface area contributed by atoms with Gasteiger partial charge in [0.05, 0.1) is 11.8 Å². The van der Waals surface area contributed by atoms with Gasteiger partial charge in [0, 0.05) is 59.1 Å². The van der Waals surface area contributed by atoms with Crippen LogP contribution >= 0.6 is 11.3 Å². The zero-order valence-electron chi connectivity index (χ0n) is 26.7. The summed E-state index contributed by atoms with van der Waals surface area (Å²) >= 11 is 1.07. The molecule has 1 saturated heterocycles. The molecule has 0 radical (unpaired) electrons. The Morgan fingerprint density at radius 1 is 1.15 bits per heavy atom. The van der Waals surface area contributed by atoms with Crippen LogP contribution in [0.4, 0.5) is 19.0 Å². The van der Waals surface area contributed by atoms with E-state index in [0.29, 0.717) is 28.1 Å². The average molecular weight is 672 g/mol. The number of nitriles is 1. The topological polar surface area (TPSA) is 98.9 Å². The summed E-state index contributed by atoms with van der Waals surface area (Å²) in [4.78, 5) is 24.4. The molecule has 48 heavy (non-hydrogen) atoms. The van der Waals surface area contributed by atoms with Crippen LogP contribution < -0.4 is 10.6 Å². The monoisotopic (exact) mass is 671 g/mol. The van der Waals surface area contributed by atoms with E-state index in [0.717, 1.165) is 86.1 Å². The number of allylic oxidation sites excluding steroid dienone is 3. The SMILES string of the molecule is Cc1c(CN2CCC(Nc3ncnc4sc(CC(F)(F)F)cc34)CC2)ccc2c1cc(C#N)n2CC12CC(NC(=O)C3=CC=CC3)(C1)C2. The quantitative estimate of drug-likeness (QED) is 0.200. The number of rotatable bonds is 9. The van der Waals surface area contributed by atoms with Gasteiger partial charge in [0.15, 0.2) is 0 Å². The van der Waals surface area contributed by atoms with Crippen molar-refractivity contribution < 1.29 is 18.0 Å². The highest BCUT2D eigenvalue weighted by Gasteiger charge is 2.68. The van der Waals surface area contributed by atoms with Gasteiger partial charge in [-0.1, -0.05) is 24.3 Å². The van der Waals surface area contributed by atoms with Crippen molar-refractivity contribution in [1.29, 1.82) is 5.26 Å². The number of amides is 1. The van der Waals surface area contributed by atoms with Crippen molar-refractivity contribution in [3.05, 3.63) is 76.1 Å². The second-order valence-corrected chi connectivity index (χ2v) is 15.4. The lowest BCUT2D eigenvalue weighted by atomic mass is 9.39. The van der Waals surface area contributed by atoms with E-state index in [1.807, 2.05) is 24.3 Å². The van der Waals surface area contributed by atoms with Crippen LogP contribution in [0.5, 0.6) is 0 Å². The number of alkyl halides is 3. The lowest BCUT2D eigenvalue weighted by Crippen LogP contribution is -2.75. The predicted molar refractivity (Wildman–Crippen MR) is 179 cm³/mol. The Morgan fingerprint density at radius 2 is 1.94 bits per heavy atom. The fraction of sp³-hybridized carbons (Fsp3) is 0.444. The van der Waals surface area contributed by atoms with Crippen molar-refractivity contribution in [3.8, 4) is 6.07 Å². The Kier molecular flexibility index (Phi) is 7.41. The number of aryl methyl sites for hydroxylation is 1. The van der Waals surface area contributed by atoms with E-state index in [1.54, 1.807) is 6.07 Å². The molecule has 1 aliphatic heterocycles. The number of hydrogen-bond donors (Lipinski definition) is 2. The Morgan fingerprint density at radius 3 is 2.65 bits per heavy atom. The lowest BCUT2D eigenvalue weighted by molar-refractivity contribution is -0.169. The molecule has 8 nitrogen and oxygen atoms in total. The van der Waals surface area contributed by atoms with Crippen molar-refractivity contribution >= 4 is 44.2 Å². The summed E-state index contributed by atoms with van der Waals surface area (Å²) in [5, 5.41) is 18.6. The number of nitrogens with one attached hydrogen (secondary N) is 2. The van der Waals surface area contributed by atoms with E-state index in [-0.39, 0.29) is 27.8 Å². The van der Waals surface area contributed by atoms with Crippen molar-refractivity contribution in [2.24, 2.45) is 5.41 Å². The molecule has 5 aliphatic rings. The summed E-state index contributed by atoms with van der Waals surface area (Å²) in [6.45, 7) is 5.50. The van der Waals surface area contributed by atoms with Crippen LogP contribution in [0.25, 0.3) is 21.1 Å². The number of carbonyl (C=O) groups is 1. The number of nitrogens with zero attached hydrogens (tertiary/aromatic N) is 5. The molecule has 3 saturated carbocycles. The first kappa shape index (κ1) is 31.1. The number of benzene rings is 1. The summed E-state index contributed by atoms with van der Waals surface area (Å²) in [5.41, 5.74) is 5.07. The maximum absolute atomic E-state index is 13.0. The lowest BCUT2D eigenvalue weighted by Gasteiger charge is -2.70. The first-order valence-electron chi connectivity index (χ1n) is 16.5. The average Bonchev–Trinajstić information content (AvgIpc) is 3.76. The van der Waals surface area contributed by atoms with E-state index in [9.17, 15) is 23.2 Å². The van der Waals surface area contributed by atoms with Crippen LogP contribution in [-0.4, -0.2) is 56.2 Å². The minimum absolute atomic E-state index is 0.0491. The minimum atomic E-state index is -4.26. The molecule has 3 aromatic heterocycles. The molecular weight excluding hydrogens is 636 g/mol. The van der Waals surface area contributed by atoms with Crippen LogP contribution in [0.1, 0.15) is 60.2 Å². The highest BCUT2D eigenvalue weighted by atomic mass is 32.1. The van der Waals surface area contributed by atoms with Crippen LogP contribution in [0.2, 0.25) is 0 Å². The molecule has 2 N–H and O–H groups in total. The fourth-order valence-electron chi connectivity index (χ4n) is 8.50. The van der Waals surface area contributed by atoms with Gasteiger partial charge in [-0.25, -0.2) is 9.97 Å². The third kappa shape index (κ3) is 5.66. The molecule has 1 aromatic carbocycles. The Bertz CT molecular complexity index is 2020. The maximum atomic E-state index is 13.0. The normalized spacial score (nSPS) is 23.9. The molecule has 4 fully saturated rings. The molecule has 0 spiro atoms. The molecule has 1 amide bonds. The Hall–Kier alpha value is -4.21. The van der Waals surface area contributed by atoms with E-state index in [4.69, 9.17) is 0 Å². The van der Waals surface area contributed by atoms with Gasteiger partial charge in [-0.05, 0) is 80.2 Å². The molecule has 9 rings (SSSR count). The summed E-state index contributed by atoms with van der Waals surface area (Å²) in [6.07, 6.45) is 7.36. The predicted octanol–water partition coefficient (Wildman–Crippen LogP) is 6.93. The molecule has 248 valence electrons. The number of anilines is 1. The zero-order chi connectivity index (χ0) is 33.3. The van der Waals surface area contributed by atoms with Gasteiger partial charge in [-0.15, -0.1) is 11.3 Å². The third-order valence-corrected chi connectivity index (χ3v) is 11.8. The third-order valence-electron chi connectivity index (χ3n) is 10.7. The molecule has 12 heteroatoms. The highest BCUT2D eigenvalue weighted by molar-refractivity contribution is 7.18. The van der Waals surface area contributed by atoms with E-state index < -0.39 is 12.6 Å². The number of carbonyl (C=O) groups excluding carboxylic acids is 1. The molecule has 0 atom stereocenters. The zero-order valence-corrected chi connectivity index (χ0v) is 27.5. The summed E-state index contributed by atoms with van der Waals surface area (Å²) in [6, 6.07) is 10.5. The fourth-order valence-corrected chi connectivity index (χ4v) is 9.53. The number of hydrogen-bond acceptors (Lipinski definition) is 7. The van der Waals surface area contributed by atoms with Gasteiger partial charge in [0.2, 0.25) is 5.91 Å². The first-order chi connectivity index (χ1) is 23.0. The Labute approximate surface area is 280 Å². The number of piperidine rings is 1. The summed E-state index contributed by atoms with van der Waals surface area (Å²) in [7, 11) is 0. The summed E-state index contributed by atoms with van der Waals surface area (Å²) < 4.78 is 41.0.